The third kappa shape index (κ3) is 4.24. The molecular formula is C21H17F3N2O2. The van der Waals surface area contributed by atoms with E-state index in [4.69, 9.17) is 9.47 Å². The minimum Gasteiger partial charge on any atom is -0.493 e. The van der Waals surface area contributed by atoms with Crippen LogP contribution in [0.25, 0.3) is 11.1 Å². The Morgan fingerprint density at radius 2 is 1.71 bits per heavy atom. The van der Waals surface area contributed by atoms with E-state index in [1.54, 1.807) is 12.3 Å². The number of ether oxygens (including phenoxy) is 2. The Hall–Kier alpha value is -3.09. The molecule has 7 heteroatoms. The van der Waals surface area contributed by atoms with E-state index in [0.717, 1.165) is 23.6 Å². The summed E-state index contributed by atoms with van der Waals surface area (Å²) in [7, 11) is 0. The fourth-order valence-electron chi connectivity index (χ4n) is 2.70. The predicted molar refractivity (Wildman–Crippen MR) is 97.2 cm³/mol. The zero-order chi connectivity index (χ0) is 19.6. The van der Waals surface area contributed by atoms with E-state index in [9.17, 15) is 13.2 Å². The van der Waals surface area contributed by atoms with Gasteiger partial charge >= 0.3 is 6.18 Å². The number of para-hydroxylation sites is 1. The fourth-order valence-corrected chi connectivity index (χ4v) is 2.70. The molecule has 0 unspecified atom stereocenters. The van der Waals surface area contributed by atoms with Gasteiger partial charge in [0.05, 0.1) is 12.8 Å². The molecule has 0 bridgehead atoms. The van der Waals surface area contributed by atoms with Crippen molar-refractivity contribution in [1.29, 1.82) is 0 Å². The van der Waals surface area contributed by atoms with Crippen LogP contribution in [-0.2, 0) is 6.18 Å². The normalized spacial score (nSPS) is 14.0. The molecule has 1 aliphatic carbocycles. The van der Waals surface area contributed by atoms with Gasteiger partial charge in [-0.25, -0.2) is 9.97 Å². The van der Waals surface area contributed by atoms with Crippen molar-refractivity contribution in [3.05, 3.63) is 66.6 Å². The maximum absolute atomic E-state index is 12.7. The van der Waals surface area contributed by atoms with E-state index in [1.165, 1.54) is 18.9 Å². The van der Waals surface area contributed by atoms with Crippen molar-refractivity contribution in [3.63, 3.8) is 0 Å². The number of aromatic nitrogens is 2. The van der Waals surface area contributed by atoms with Gasteiger partial charge in [-0.3, -0.25) is 0 Å². The molecule has 0 atom stereocenters. The van der Waals surface area contributed by atoms with Crippen LogP contribution >= 0.6 is 0 Å². The summed E-state index contributed by atoms with van der Waals surface area (Å²) in [5, 5.41) is 0. The molecule has 1 aliphatic rings. The van der Waals surface area contributed by atoms with Crippen LogP contribution in [0, 0.1) is 5.92 Å². The second kappa shape index (κ2) is 7.50. The highest BCUT2D eigenvalue weighted by molar-refractivity contribution is 5.74. The molecule has 0 radical (unpaired) electrons. The third-order valence-corrected chi connectivity index (χ3v) is 4.36. The second-order valence-corrected chi connectivity index (χ2v) is 6.59. The molecule has 28 heavy (non-hydrogen) atoms. The van der Waals surface area contributed by atoms with Gasteiger partial charge in [-0.15, -0.1) is 0 Å². The summed E-state index contributed by atoms with van der Waals surface area (Å²) in [6, 6.07) is 13.3. The van der Waals surface area contributed by atoms with Crippen LogP contribution in [0.3, 0.4) is 0 Å². The molecule has 0 N–H and O–H groups in total. The molecule has 1 fully saturated rings. The van der Waals surface area contributed by atoms with Gasteiger partial charge in [0.1, 0.15) is 17.2 Å². The molecule has 1 saturated carbocycles. The number of nitrogens with zero attached hydrogens (tertiary/aromatic N) is 2. The summed E-state index contributed by atoms with van der Waals surface area (Å²) in [5.74, 6) is 1.77. The van der Waals surface area contributed by atoms with E-state index in [-0.39, 0.29) is 11.6 Å². The van der Waals surface area contributed by atoms with Gasteiger partial charge in [-0.1, -0.05) is 18.2 Å². The first-order valence-electron chi connectivity index (χ1n) is 8.89. The Morgan fingerprint density at radius 3 is 2.43 bits per heavy atom. The molecule has 144 valence electrons. The molecular weight excluding hydrogens is 369 g/mol. The minimum atomic E-state index is -4.49. The summed E-state index contributed by atoms with van der Waals surface area (Å²) in [6.07, 6.45) is 0.474. The lowest BCUT2D eigenvalue weighted by atomic mass is 10.1. The van der Waals surface area contributed by atoms with Gasteiger partial charge in [-0.05, 0) is 49.1 Å². The molecule has 2 heterocycles. The SMILES string of the molecule is FC(F)(F)c1ccc(Oc2ncccc2-c2ccccc2OCC2CC2)cn1. The molecule has 0 aliphatic heterocycles. The van der Waals surface area contributed by atoms with E-state index < -0.39 is 11.9 Å². The molecule has 4 nitrogen and oxygen atoms in total. The molecule has 1 aromatic carbocycles. The fraction of sp³-hybridized carbons (Fsp3) is 0.238. The van der Waals surface area contributed by atoms with Gasteiger partial charge in [0.2, 0.25) is 5.88 Å². The van der Waals surface area contributed by atoms with E-state index in [2.05, 4.69) is 9.97 Å². The monoisotopic (exact) mass is 386 g/mol. The third-order valence-electron chi connectivity index (χ3n) is 4.36. The van der Waals surface area contributed by atoms with E-state index >= 15 is 0 Å². The molecule has 2 aromatic heterocycles. The van der Waals surface area contributed by atoms with E-state index in [0.29, 0.717) is 18.1 Å². The number of halogens is 3. The van der Waals surface area contributed by atoms with Gasteiger partial charge in [0.25, 0.3) is 0 Å². The highest BCUT2D eigenvalue weighted by atomic mass is 19.4. The first-order chi connectivity index (χ1) is 13.5. The van der Waals surface area contributed by atoms with Crippen LogP contribution < -0.4 is 9.47 Å². The lowest BCUT2D eigenvalue weighted by Gasteiger charge is -2.14. The lowest BCUT2D eigenvalue weighted by Crippen LogP contribution is -2.07. The average Bonchev–Trinajstić information content (AvgIpc) is 3.51. The van der Waals surface area contributed by atoms with Crippen LogP contribution in [0.4, 0.5) is 13.2 Å². The molecule has 0 spiro atoms. The average molecular weight is 386 g/mol. The zero-order valence-electron chi connectivity index (χ0n) is 14.8. The van der Waals surface area contributed by atoms with Crippen molar-refractivity contribution >= 4 is 0 Å². The van der Waals surface area contributed by atoms with Crippen molar-refractivity contribution < 1.29 is 22.6 Å². The van der Waals surface area contributed by atoms with Gasteiger partial charge in [0.15, 0.2) is 0 Å². The van der Waals surface area contributed by atoms with E-state index in [1.807, 2.05) is 30.3 Å². The molecule has 0 saturated heterocycles. The predicted octanol–water partition coefficient (Wildman–Crippen LogP) is 5.74. The summed E-state index contributed by atoms with van der Waals surface area (Å²) >= 11 is 0. The van der Waals surface area contributed by atoms with Crippen molar-refractivity contribution in [2.45, 2.75) is 19.0 Å². The van der Waals surface area contributed by atoms with Crippen molar-refractivity contribution in [3.8, 4) is 28.5 Å². The Bertz CT molecular complexity index is 954. The Balaban J connectivity index is 1.61. The number of pyridine rings is 2. The minimum absolute atomic E-state index is 0.171. The van der Waals surface area contributed by atoms with Crippen molar-refractivity contribution in [2.24, 2.45) is 5.92 Å². The standard InChI is InChI=1S/C21H17F3N2O2/c22-21(23,24)19-10-9-15(12-26-19)28-20-17(5-3-11-25-20)16-4-1-2-6-18(16)27-13-14-7-8-14/h1-6,9-12,14H,7-8,13H2. The van der Waals surface area contributed by atoms with Crippen LogP contribution in [0.15, 0.2) is 60.9 Å². The first-order valence-corrected chi connectivity index (χ1v) is 8.89. The molecule has 3 aromatic rings. The topological polar surface area (TPSA) is 44.2 Å². The summed E-state index contributed by atoms with van der Waals surface area (Å²) in [6.45, 7) is 0.663. The lowest BCUT2D eigenvalue weighted by molar-refractivity contribution is -0.141. The summed E-state index contributed by atoms with van der Waals surface area (Å²) < 4.78 is 49.7. The maximum atomic E-state index is 12.7. The highest BCUT2D eigenvalue weighted by Gasteiger charge is 2.32. The summed E-state index contributed by atoms with van der Waals surface area (Å²) in [4.78, 5) is 7.66. The Labute approximate surface area is 160 Å². The number of alkyl halides is 3. The smallest absolute Gasteiger partial charge is 0.433 e. The Kier molecular flexibility index (Phi) is 4.90. The van der Waals surface area contributed by atoms with Crippen LogP contribution in [0.1, 0.15) is 18.5 Å². The first kappa shape index (κ1) is 18.3. The second-order valence-electron chi connectivity index (χ2n) is 6.59. The number of hydrogen-bond donors (Lipinski definition) is 0. The van der Waals surface area contributed by atoms with Gasteiger partial charge < -0.3 is 9.47 Å². The molecule has 0 amide bonds. The number of hydrogen-bond acceptors (Lipinski definition) is 4. The van der Waals surface area contributed by atoms with Crippen LogP contribution in [0.2, 0.25) is 0 Å². The van der Waals surface area contributed by atoms with Crippen LogP contribution in [-0.4, -0.2) is 16.6 Å². The van der Waals surface area contributed by atoms with Crippen molar-refractivity contribution in [2.75, 3.05) is 6.61 Å². The number of rotatable bonds is 6. The Morgan fingerprint density at radius 1 is 0.929 bits per heavy atom. The van der Waals surface area contributed by atoms with Gasteiger partial charge in [0, 0.05) is 17.3 Å². The largest absolute Gasteiger partial charge is 0.493 e. The molecule has 4 rings (SSSR count). The highest BCUT2D eigenvalue weighted by Crippen LogP contribution is 2.38. The van der Waals surface area contributed by atoms with Gasteiger partial charge in [-0.2, -0.15) is 13.2 Å². The van der Waals surface area contributed by atoms with Crippen molar-refractivity contribution in [1.82, 2.24) is 9.97 Å². The number of benzene rings is 1. The quantitative estimate of drug-likeness (QED) is 0.542. The van der Waals surface area contributed by atoms with Crippen LogP contribution in [0.5, 0.6) is 17.4 Å². The zero-order valence-corrected chi connectivity index (χ0v) is 14.8. The maximum Gasteiger partial charge on any atom is 0.433 e. The summed E-state index contributed by atoms with van der Waals surface area (Å²) in [5.41, 5.74) is 0.528.